The number of fused-ring (bicyclic) bond motifs is 1. The number of rotatable bonds is 7. The van der Waals surface area contributed by atoms with Crippen LogP contribution in [0.25, 0.3) is 21.3 Å². The molecule has 2 aromatic heterocycles. The highest BCUT2D eigenvalue weighted by molar-refractivity contribution is 7.91. The van der Waals surface area contributed by atoms with E-state index in [0.717, 1.165) is 57.5 Å². The Labute approximate surface area is 189 Å². The number of aromatic nitrogens is 3. The molecule has 1 fully saturated rings. The summed E-state index contributed by atoms with van der Waals surface area (Å²) < 4.78 is 25.7. The van der Waals surface area contributed by atoms with E-state index in [1.807, 2.05) is 32.0 Å². The van der Waals surface area contributed by atoms with Gasteiger partial charge in [-0.15, -0.1) is 11.3 Å². The van der Waals surface area contributed by atoms with Crippen LogP contribution < -0.4 is 10.6 Å². The van der Waals surface area contributed by atoms with Crippen LogP contribution in [-0.4, -0.2) is 54.3 Å². The number of sulfone groups is 1. The Morgan fingerprint density at radius 2 is 1.97 bits per heavy atom. The highest BCUT2D eigenvalue weighted by Gasteiger charge is 2.34. The van der Waals surface area contributed by atoms with E-state index < -0.39 is 21.0 Å². The predicted molar refractivity (Wildman–Crippen MR) is 122 cm³/mol. The number of benzene rings is 1. The molecular formula is C21H23N5O4S2. The Morgan fingerprint density at radius 3 is 2.62 bits per heavy atom. The highest BCUT2D eigenvalue weighted by Crippen LogP contribution is 2.35. The molecule has 1 aliphatic rings. The summed E-state index contributed by atoms with van der Waals surface area (Å²) in [5.41, 5.74) is 4.16. The lowest BCUT2D eigenvalue weighted by Gasteiger charge is -2.12. The van der Waals surface area contributed by atoms with Crippen molar-refractivity contribution < 1.29 is 18.0 Å². The van der Waals surface area contributed by atoms with Gasteiger partial charge in [-0.3, -0.25) is 9.59 Å². The van der Waals surface area contributed by atoms with Gasteiger partial charge in [-0.1, -0.05) is 0 Å². The molecule has 11 heteroatoms. The number of hydrogen-bond donors (Lipinski definition) is 2. The van der Waals surface area contributed by atoms with Gasteiger partial charge in [-0.2, -0.15) is 10.2 Å². The average molecular weight is 474 g/mol. The number of thiazole rings is 1. The number of carbonyl (C=O) groups is 2. The van der Waals surface area contributed by atoms with Crippen molar-refractivity contribution in [3.8, 4) is 11.1 Å². The zero-order valence-electron chi connectivity index (χ0n) is 17.9. The number of amides is 2. The fraction of sp³-hybridized carbons (Fsp3) is 0.381. The lowest BCUT2D eigenvalue weighted by Crippen LogP contribution is -2.41. The number of hydrogen-bond acceptors (Lipinski definition) is 8. The van der Waals surface area contributed by atoms with E-state index in [9.17, 15) is 18.0 Å². The summed E-state index contributed by atoms with van der Waals surface area (Å²) >= 11 is 1.15. The van der Waals surface area contributed by atoms with Crippen molar-refractivity contribution >= 4 is 43.2 Å². The second kappa shape index (κ2) is 8.55. The molecule has 168 valence electrons. The largest absolute Gasteiger partial charge is 0.352 e. The van der Waals surface area contributed by atoms with E-state index in [2.05, 4.69) is 25.8 Å². The second-order valence-electron chi connectivity index (χ2n) is 8.04. The summed E-state index contributed by atoms with van der Waals surface area (Å²) in [7, 11) is -3.82. The van der Waals surface area contributed by atoms with Crippen LogP contribution in [0.2, 0.25) is 0 Å². The van der Waals surface area contributed by atoms with Crippen LogP contribution in [0.1, 0.15) is 34.4 Å². The normalized spacial score (nSPS) is 14.8. The summed E-state index contributed by atoms with van der Waals surface area (Å²) in [5.74, 6) is -1.10. The van der Waals surface area contributed by atoms with Gasteiger partial charge in [0.15, 0.2) is 15.1 Å². The third-order valence-electron chi connectivity index (χ3n) is 5.10. The first-order valence-corrected chi connectivity index (χ1v) is 12.9. The molecular weight excluding hydrogens is 450 g/mol. The molecule has 1 saturated carbocycles. The molecule has 3 aromatic rings. The molecule has 2 amide bonds. The molecule has 1 aromatic carbocycles. The molecule has 1 aliphatic carbocycles. The minimum absolute atomic E-state index is 0.159. The van der Waals surface area contributed by atoms with E-state index in [-0.39, 0.29) is 23.5 Å². The van der Waals surface area contributed by atoms with Gasteiger partial charge < -0.3 is 10.6 Å². The maximum atomic E-state index is 12.7. The zero-order valence-corrected chi connectivity index (χ0v) is 19.5. The molecule has 0 spiro atoms. The molecule has 0 radical (unpaired) electrons. The zero-order chi connectivity index (χ0) is 23.0. The summed E-state index contributed by atoms with van der Waals surface area (Å²) in [4.78, 5) is 29.1. The van der Waals surface area contributed by atoms with Gasteiger partial charge >= 0.3 is 0 Å². The minimum atomic E-state index is -3.82. The van der Waals surface area contributed by atoms with E-state index in [1.165, 1.54) is 0 Å². The summed E-state index contributed by atoms with van der Waals surface area (Å²) in [5, 5.41) is 11.9. The lowest BCUT2D eigenvalue weighted by atomic mass is 10.0. The van der Waals surface area contributed by atoms with Crippen LogP contribution in [0.4, 0.5) is 0 Å². The molecule has 1 unspecified atom stereocenters. The van der Waals surface area contributed by atoms with Gasteiger partial charge in [-0.05, 0) is 56.0 Å². The molecule has 0 aliphatic heterocycles. The Hall–Kier alpha value is -2.92. The van der Waals surface area contributed by atoms with Gasteiger partial charge in [0.25, 0.3) is 0 Å². The van der Waals surface area contributed by atoms with Crippen LogP contribution >= 0.6 is 11.3 Å². The fourth-order valence-corrected chi connectivity index (χ4v) is 5.93. The number of aryl methyl sites for hydroxylation is 2. The lowest BCUT2D eigenvalue weighted by molar-refractivity contribution is -0.126. The molecule has 0 bridgehead atoms. The topological polar surface area (TPSA) is 131 Å². The van der Waals surface area contributed by atoms with Gasteiger partial charge in [0.2, 0.25) is 11.8 Å². The van der Waals surface area contributed by atoms with Crippen molar-refractivity contribution in [2.45, 2.75) is 38.0 Å². The van der Waals surface area contributed by atoms with Crippen molar-refractivity contribution in [2.75, 3.05) is 12.8 Å². The van der Waals surface area contributed by atoms with Gasteiger partial charge in [-0.25, -0.2) is 13.4 Å². The Kier molecular flexibility index (Phi) is 5.95. The Balaban J connectivity index is 1.64. The van der Waals surface area contributed by atoms with E-state index in [0.29, 0.717) is 5.52 Å². The maximum Gasteiger partial charge on any atom is 0.245 e. The average Bonchev–Trinajstić information content (AvgIpc) is 3.42. The Bertz CT molecular complexity index is 1310. The van der Waals surface area contributed by atoms with Crippen LogP contribution in [0.3, 0.4) is 0 Å². The van der Waals surface area contributed by atoms with Crippen LogP contribution in [-0.2, 0) is 19.4 Å². The van der Waals surface area contributed by atoms with E-state index in [1.54, 1.807) is 6.20 Å². The van der Waals surface area contributed by atoms with Crippen molar-refractivity contribution in [1.29, 1.82) is 0 Å². The van der Waals surface area contributed by atoms with Gasteiger partial charge in [0.1, 0.15) is 5.01 Å². The molecule has 32 heavy (non-hydrogen) atoms. The predicted octanol–water partition coefficient (Wildman–Crippen LogP) is 1.85. The van der Waals surface area contributed by atoms with Crippen LogP contribution in [0.5, 0.6) is 0 Å². The van der Waals surface area contributed by atoms with Crippen molar-refractivity contribution in [2.24, 2.45) is 0 Å². The number of carbonyl (C=O) groups excluding carboxylic acids is 2. The summed E-state index contributed by atoms with van der Waals surface area (Å²) in [6, 6.07) is 5.86. The molecule has 0 saturated heterocycles. The van der Waals surface area contributed by atoms with Crippen LogP contribution in [0, 0.1) is 13.8 Å². The van der Waals surface area contributed by atoms with E-state index in [4.69, 9.17) is 0 Å². The molecule has 9 nitrogen and oxygen atoms in total. The molecule has 4 rings (SSSR count). The second-order valence-corrected chi connectivity index (χ2v) is 11.2. The van der Waals surface area contributed by atoms with Crippen molar-refractivity contribution in [3.05, 3.63) is 40.7 Å². The highest BCUT2D eigenvalue weighted by atomic mass is 32.2. The Morgan fingerprint density at radius 1 is 1.22 bits per heavy atom. The third kappa shape index (κ3) is 4.94. The van der Waals surface area contributed by atoms with Crippen molar-refractivity contribution in [3.63, 3.8) is 0 Å². The van der Waals surface area contributed by atoms with Gasteiger partial charge in [0.05, 0.1) is 28.7 Å². The molecule has 2 N–H and O–H groups in total. The third-order valence-corrected chi connectivity index (χ3v) is 7.62. The summed E-state index contributed by atoms with van der Waals surface area (Å²) in [6.45, 7) is 3.52. The standard InChI is InChI=1S/C21H23N5O4S2/c1-11-6-16-17(8-15(11)13-7-12(2)26-23-9-13)31-21(25-16)19(32(3,29)30)20(28)22-10-18(27)24-14-4-5-14/h6-9,14,19H,4-5,10H2,1-3H3,(H,22,28)(H,24,27). The van der Waals surface area contributed by atoms with E-state index >= 15 is 0 Å². The smallest absolute Gasteiger partial charge is 0.245 e. The fourth-order valence-electron chi connectivity index (χ4n) is 3.40. The SMILES string of the molecule is Cc1cc(-c2cc3sc(C(C(=O)NCC(=O)NC4CC4)S(C)(=O)=O)nc3cc2C)cnn1. The molecule has 2 heterocycles. The number of nitrogens with one attached hydrogen (secondary N) is 2. The molecule has 1 atom stereocenters. The quantitative estimate of drug-likeness (QED) is 0.535. The van der Waals surface area contributed by atoms with Crippen molar-refractivity contribution in [1.82, 2.24) is 25.8 Å². The van der Waals surface area contributed by atoms with Gasteiger partial charge in [0, 0.05) is 17.9 Å². The minimum Gasteiger partial charge on any atom is -0.352 e. The first-order valence-electron chi connectivity index (χ1n) is 10.1. The maximum absolute atomic E-state index is 12.7. The number of nitrogens with zero attached hydrogens (tertiary/aromatic N) is 3. The first kappa shape index (κ1) is 22.3. The summed E-state index contributed by atoms with van der Waals surface area (Å²) in [6.07, 6.45) is 4.51. The monoisotopic (exact) mass is 473 g/mol. The van der Waals surface area contributed by atoms with Crippen LogP contribution in [0.15, 0.2) is 24.4 Å². The first-order chi connectivity index (χ1) is 15.1.